The standard InChI is InChI=1S/C12H18F2INO/c1-9(15)17-8-11-3-2-4-16(11)7-10(5-11)6-12(10,13)14/h9H,2-8H2,1H3/t9?,10?,11-/m0/s1. The van der Waals surface area contributed by atoms with Crippen molar-refractivity contribution in [3.8, 4) is 0 Å². The number of halogens is 3. The number of hydrogen-bond acceptors (Lipinski definition) is 2. The monoisotopic (exact) mass is 357 g/mol. The van der Waals surface area contributed by atoms with Gasteiger partial charge in [-0.25, -0.2) is 8.78 Å². The van der Waals surface area contributed by atoms with Gasteiger partial charge < -0.3 is 4.74 Å². The molecule has 2 unspecified atom stereocenters. The Balaban J connectivity index is 1.74. The zero-order valence-electron chi connectivity index (χ0n) is 10.0. The Labute approximate surface area is 114 Å². The van der Waals surface area contributed by atoms with Crippen LogP contribution in [0.3, 0.4) is 0 Å². The van der Waals surface area contributed by atoms with Crippen molar-refractivity contribution in [1.82, 2.24) is 4.90 Å². The summed E-state index contributed by atoms with van der Waals surface area (Å²) < 4.78 is 32.9. The first-order valence-corrected chi connectivity index (χ1v) is 7.52. The minimum absolute atomic E-state index is 0.0840. The maximum Gasteiger partial charge on any atom is 0.255 e. The molecule has 0 aromatic heterocycles. The van der Waals surface area contributed by atoms with Gasteiger partial charge in [-0.1, -0.05) is 22.6 Å². The van der Waals surface area contributed by atoms with Crippen molar-refractivity contribution in [3.63, 3.8) is 0 Å². The fraction of sp³-hybridized carbons (Fsp3) is 1.00. The summed E-state index contributed by atoms with van der Waals surface area (Å²) in [4.78, 5) is 2.27. The van der Waals surface area contributed by atoms with E-state index in [-0.39, 0.29) is 16.1 Å². The van der Waals surface area contributed by atoms with Gasteiger partial charge in [0.05, 0.1) is 12.0 Å². The fourth-order valence-electron chi connectivity index (χ4n) is 3.72. The highest BCUT2D eigenvalue weighted by atomic mass is 127. The summed E-state index contributed by atoms with van der Waals surface area (Å²) in [5.74, 6) is -2.42. The van der Waals surface area contributed by atoms with Crippen molar-refractivity contribution in [1.29, 1.82) is 0 Å². The Hall–Kier alpha value is 0.510. The van der Waals surface area contributed by atoms with Gasteiger partial charge in [0.1, 0.15) is 4.11 Å². The third-order valence-corrected chi connectivity index (χ3v) is 5.05. The number of alkyl halides is 3. The molecular weight excluding hydrogens is 339 g/mol. The number of hydrogen-bond donors (Lipinski definition) is 0. The summed E-state index contributed by atoms with van der Waals surface area (Å²) in [7, 11) is 0. The molecule has 2 heterocycles. The Morgan fingerprint density at radius 3 is 2.71 bits per heavy atom. The van der Waals surface area contributed by atoms with Crippen LogP contribution in [0.2, 0.25) is 0 Å². The minimum Gasteiger partial charge on any atom is -0.366 e. The van der Waals surface area contributed by atoms with E-state index in [1.165, 1.54) is 0 Å². The average Bonchev–Trinajstić information content (AvgIpc) is 2.55. The van der Waals surface area contributed by atoms with Crippen LogP contribution in [-0.2, 0) is 4.74 Å². The lowest BCUT2D eigenvalue weighted by Crippen LogP contribution is -2.42. The van der Waals surface area contributed by atoms with Crippen molar-refractivity contribution in [2.24, 2.45) is 5.41 Å². The second-order valence-electron chi connectivity index (χ2n) is 5.94. The number of nitrogens with zero attached hydrogens (tertiary/aromatic N) is 1. The van der Waals surface area contributed by atoms with E-state index in [2.05, 4.69) is 27.5 Å². The molecule has 0 radical (unpaired) electrons. The Bertz CT molecular complexity index is 338. The maximum absolute atomic E-state index is 13.5. The molecule has 0 bridgehead atoms. The smallest absolute Gasteiger partial charge is 0.255 e. The molecule has 2 nitrogen and oxygen atoms in total. The Kier molecular flexibility index (Phi) is 2.77. The van der Waals surface area contributed by atoms with Crippen LogP contribution in [0, 0.1) is 5.41 Å². The lowest BCUT2D eigenvalue weighted by molar-refractivity contribution is 0.0326. The van der Waals surface area contributed by atoms with Gasteiger partial charge in [-0.05, 0) is 32.7 Å². The lowest BCUT2D eigenvalue weighted by atomic mass is 9.89. The summed E-state index contributed by atoms with van der Waals surface area (Å²) in [6.07, 6.45) is 2.88. The van der Waals surface area contributed by atoms with E-state index in [9.17, 15) is 8.78 Å². The zero-order valence-corrected chi connectivity index (χ0v) is 12.2. The quantitative estimate of drug-likeness (QED) is 0.569. The van der Waals surface area contributed by atoms with Crippen LogP contribution in [0.1, 0.15) is 32.6 Å². The molecule has 1 spiro atoms. The van der Waals surface area contributed by atoms with Gasteiger partial charge >= 0.3 is 0 Å². The molecule has 17 heavy (non-hydrogen) atoms. The first-order valence-electron chi connectivity index (χ1n) is 6.28. The highest BCUT2D eigenvalue weighted by Gasteiger charge is 2.77. The topological polar surface area (TPSA) is 12.5 Å². The van der Waals surface area contributed by atoms with Crippen molar-refractivity contribution in [2.45, 2.75) is 48.2 Å². The lowest BCUT2D eigenvalue weighted by Gasteiger charge is -2.32. The molecule has 5 heteroatoms. The van der Waals surface area contributed by atoms with Gasteiger partial charge in [0.25, 0.3) is 5.92 Å². The van der Waals surface area contributed by atoms with Crippen molar-refractivity contribution in [3.05, 3.63) is 0 Å². The molecule has 0 aromatic carbocycles. The van der Waals surface area contributed by atoms with Gasteiger partial charge in [0, 0.05) is 18.5 Å². The summed E-state index contributed by atoms with van der Waals surface area (Å²) in [5.41, 5.74) is -0.787. The van der Waals surface area contributed by atoms with Crippen molar-refractivity contribution < 1.29 is 13.5 Å². The largest absolute Gasteiger partial charge is 0.366 e. The van der Waals surface area contributed by atoms with E-state index in [0.29, 0.717) is 19.6 Å². The van der Waals surface area contributed by atoms with Gasteiger partial charge in [-0.3, -0.25) is 4.90 Å². The molecule has 3 aliphatic rings. The fourth-order valence-corrected chi connectivity index (χ4v) is 3.90. The molecule has 0 N–H and O–H groups in total. The van der Waals surface area contributed by atoms with Crippen LogP contribution >= 0.6 is 22.6 Å². The second-order valence-corrected chi connectivity index (χ2v) is 7.70. The van der Waals surface area contributed by atoms with Crippen molar-refractivity contribution >= 4 is 22.6 Å². The molecule has 3 rings (SSSR count). The van der Waals surface area contributed by atoms with Crippen LogP contribution in [0.5, 0.6) is 0 Å². The van der Waals surface area contributed by atoms with Crippen LogP contribution in [-0.4, -0.2) is 40.2 Å². The van der Waals surface area contributed by atoms with Crippen LogP contribution in [0.4, 0.5) is 8.78 Å². The minimum atomic E-state index is -2.42. The van der Waals surface area contributed by atoms with Crippen LogP contribution in [0.15, 0.2) is 0 Å². The Morgan fingerprint density at radius 1 is 1.41 bits per heavy atom. The zero-order chi connectivity index (χ0) is 12.3. The average molecular weight is 357 g/mol. The van der Waals surface area contributed by atoms with E-state index in [4.69, 9.17) is 4.74 Å². The number of fused-ring (bicyclic) bond motifs is 1. The summed E-state index contributed by atoms with van der Waals surface area (Å²) in [6, 6.07) is 0. The summed E-state index contributed by atoms with van der Waals surface area (Å²) in [6.45, 7) is 4.16. The SMILES string of the molecule is CC(I)OC[C@@]12CCCN1CC1(CC1(F)F)C2. The molecule has 3 fully saturated rings. The second kappa shape index (κ2) is 3.76. The molecule has 0 aromatic rings. The number of rotatable bonds is 3. The van der Waals surface area contributed by atoms with Crippen LogP contribution < -0.4 is 0 Å². The third-order valence-electron chi connectivity index (χ3n) is 4.69. The molecule has 1 saturated carbocycles. The molecular formula is C12H18F2INO. The summed E-state index contributed by atoms with van der Waals surface area (Å²) >= 11 is 2.22. The van der Waals surface area contributed by atoms with Gasteiger partial charge in [0.2, 0.25) is 0 Å². The predicted octanol–water partition coefficient (Wildman–Crippen LogP) is 3.05. The van der Waals surface area contributed by atoms with E-state index in [0.717, 1.165) is 19.4 Å². The van der Waals surface area contributed by atoms with Gasteiger partial charge in [-0.2, -0.15) is 0 Å². The molecule has 0 amide bonds. The third kappa shape index (κ3) is 1.84. The van der Waals surface area contributed by atoms with Crippen LogP contribution in [0.25, 0.3) is 0 Å². The van der Waals surface area contributed by atoms with E-state index < -0.39 is 11.3 Å². The normalized spacial score (nSPS) is 45.2. The van der Waals surface area contributed by atoms with Gasteiger partial charge in [-0.15, -0.1) is 0 Å². The first-order chi connectivity index (χ1) is 7.89. The highest BCUT2D eigenvalue weighted by molar-refractivity contribution is 14.1. The van der Waals surface area contributed by atoms with Crippen molar-refractivity contribution in [2.75, 3.05) is 19.7 Å². The molecule has 2 saturated heterocycles. The summed E-state index contributed by atoms with van der Waals surface area (Å²) in [5, 5.41) is 0. The van der Waals surface area contributed by atoms with Gasteiger partial charge in [0.15, 0.2) is 0 Å². The Morgan fingerprint density at radius 2 is 2.12 bits per heavy atom. The highest BCUT2D eigenvalue weighted by Crippen LogP contribution is 2.69. The maximum atomic E-state index is 13.5. The van der Waals surface area contributed by atoms with E-state index in [1.54, 1.807) is 0 Å². The molecule has 3 atom stereocenters. The first kappa shape index (κ1) is 12.5. The molecule has 98 valence electrons. The molecule has 2 aliphatic heterocycles. The number of ether oxygens (including phenoxy) is 1. The predicted molar refractivity (Wildman–Crippen MR) is 69.6 cm³/mol. The van der Waals surface area contributed by atoms with E-state index in [1.807, 2.05) is 6.92 Å². The molecule has 1 aliphatic carbocycles. The van der Waals surface area contributed by atoms with E-state index >= 15 is 0 Å².